The van der Waals surface area contributed by atoms with Crippen molar-refractivity contribution >= 4 is 0 Å². The minimum absolute atomic E-state index is 0.374. The Balaban J connectivity index is 1.83. The van der Waals surface area contributed by atoms with Gasteiger partial charge in [-0.3, -0.25) is 0 Å². The number of methoxy groups -OCH3 is 1. The number of aliphatic hydroxyl groups is 1. The molecule has 0 amide bonds. The lowest BCUT2D eigenvalue weighted by Gasteiger charge is -2.36. The highest BCUT2D eigenvalue weighted by atomic mass is 16.5. The van der Waals surface area contributed by atoms with E-state index in [0.717, 1.165) is 45.4 Å². The van der Waals surface area contributed by atoms with Gasteiger partial charge in [-0.25, -0.2) is 0 Å². The predicted molar refractivity (Wildman–Crippen MR) is 52.8 cm³/mol. The van der Waals surface area contributed by atoms with E-state index in [0.29, 0.717) is 0 Å². The van der Waals surface area contributed by atoms with Gasteiger partial charge in [-0.15, -0.1) is 0 Å². The lowest BCUT2D eigenvalue weighted by molar-refractivity contribution is -0.0311. The highest BCUT2D eigenvalue weighted by Gasteiger charge is 2.33. The van der Waals surface area contributed by atoms with E-state index in [1.165, 1.54) is 6.42 Å². The first-order chi connectivity index (χ1) is 6.27. The maximum absolute atomic E-state index is 9.73. The molecule has 1 fully saturated rings. The third-order valence-corrected chi connectivity index (χ3v) is 2.69. The normalized spacial score (nSPS) is 19.8. The molecule has 3 nitrogen and oxygen atoms in total. The summed E-state index contributed by atoms with van der Waals surface area (Å²) in [4.78, 5) is 0. The molecule has 3 heteroatoms. The van der Waals surface area contributed by atoms with E-state index in [-0.39, 0.29) is 5.60 Å². The van der Waals surface area contributed by atoms with Crippen molar-refractivity contribution in [3.8, 4) is 0 Å². The molecule has 0 saturated heterocycles. The van der Waals surface area contributed by atoms with Crippen molar-refractivity contribution < 1.29 is 9.84 Å². The Morgan fingerprint density at radius 2 is 2.15 bits per heavy atom. The fourth-order valence-electron chi connectivity index (χ4n) is 1.58. The number of unbranched alkanes of at least 4 members (excludes halogenated alkanes) is 1. The van der Waals surface area contributed by atoms with Gasteiger partial charge in [0, 0.05) is 20.3 Å². The van der Waals surface area contributed by atoms with Crippen LogP contribution in [0.3, 0.4) is 0 Å². The van der Waals surface area contributed by atoms with Crippen LogP contribution < -0.4 is 5.32 Å². The average molecular weight is 187 g/mol. The van der Waals surface area contributed by atoms with Gasteiger partial charge in [0.05, 0.1) is 5.60 Å². The third-order valence-electron chi connectivity index (χ3n) is 2.69. The zero-order valence-corrected chi connectivity index (χ0v) is 8.51. The minimum atomic E-state index is -0.374. The van der Waals surface area contributed by atoms with Crippen LogP contribution in [0, 0.1) is 0 Å². The number of ether oxygens (including phenoxy) is 1. The van der Waals surface area contributed by atoms with Gasteiger partial charge in [0.1, 0.15) is 0 Å². The molecule has 0 aromatic rings. The maximum atomic E-state index is 9.73. The molecule has 1 aliphatic carbocycles. The monoisotopic (exact) mass is 187 g/mol. The molecule has 0 radical (unpaired) electrons. The summed E-state index contributed by atoms with van der Waals surface area (Å²) in [5.41, 5.74) is -0.374. The summed E-state index contributed by atoms with van der Waals surface area (Å²) in [6.45, 7) is 2.59. The Morgan fingerprint density at radius 3 is 2.69 bits per heavy atom. The fraction of sp³-hybridized carbons (Fsp3) is 1.00. The van der Waals surface area contributed by atoms with Crippen molar-refractivity contribution in [2.45, 2.75) is 37.7 Å². The van der Waals surface area contributed by atoms with Gasteiger partial charge in [0.15, 0.2) is 0 Å². The van der Waals surface area contributed by atoms with Crippen LogP contribution >= 0.6 is 0 Å². The fourth-order valence-corrected chi connectivity index (χ4v) is 1.58. The van der Waals surface area contributed by atoms with Crippen molar-refractivity contribution in [1.29, 1.82) is 0 Å². The number of rotatable bonds is 7. The van der Waals surface area contributed by atoms with Gasteiger partial charge >= 0.3 is 0 Å². The van der Waals surface area contributed by atoms with Crippen molar-refractivity contribution in [3.63, 3.8) is 0 Å². The highest BCUT2D eigenvalue weighted by molar-refractivity contribution is 4.89. The van der Waals surface area contributed by atoms with Crippen LogP contribution in [0.1, 0.15) is 32.1 Å². The van der Waals surface area contributed by atoms with Gasteiger partial charge in [-0.2, -0.15) is 0 Å². The molecule has 0 bridgehead atoms. The summed E-state index contributed by atoms with van der Waals surface area (Å²) in [5, 5.41) is 13.0. The number of hydrogen-bond acceptors (Lipinski definition) is 3. The molecule has 0 aromatic heterocycles. The molecule has 0 spiro atoms. The summed E-state index contributed by atoms with van der Waals surface area (Å²) in [6, 6.07) is 0. The molecule has 2 N–H and O–H groups in total. The quantitative estimate of drug-likeness (QED) is 0.582. The van der Waals surface area contributed by atoms with Crippen molar-refractivity contribution in [1.82, 2.24) is 5.32 Å². The second-order valence-electron chi connectivity index (χ2n) is 3.95. The Morgan fingerprint density at radius 1 is 1.38 bits per heavy atom. The van der Waals surface area contributed by atoms with E-state index >= 15 is 0 Å². The van der Waals surface area contributed by atoms with Gasteiger partial charge in [-0.1, -0.05) is 0 Å². The molecule has 0 atom stereocenters. The van der Waals surface area contributed by atoms with Gasteiger partial charge in [-0.05, 0) is 38.6 Å². The topological polar surface area (TPSA) is 41.5 Å². The van der Waals surface area contributed by atoms with E-state index in [1.807, 2.05) is 0 Å². The smallest absolute Gasteiger partial charge is 0.0771 e. The molecule has 0 heterocycles. The molecule has 0 unspecified atom stereocenters. The van der Waals surface area contributed by atoms with Crippen molar-refractivity contribution in [2.24, 2.45) is 0 Å². The van der Waals surface area contributed by atoms with E-state index in [9.17, 15) is 5.11 Å². The summed E-state index contributed by atoms with van der Waals surface area (Å²) in [5.74, 6) is 0. The number of nitrogens with one attached hydrogen (secondary N) is 1. The van der Waals surface area contributed by atoms with E-state index in [1.54, 1.807) is 7.11 Å². The Hall–Kier alpha value is -0.120. The third kappa shape index (κ3) is 4.07. The molecule has 0 aromatic carbocycles. The van der Waals surface area contributed by atoms with Crippen LogP contribution in [0.5, 0.6) is 0 Å². The molecule has 0 aliphatic heterocycles. The van der Waals surface area contributed by atoms with Crippen LogP contribution in [0.25, 0.3) is 0 Å². The molecule has 13 heavy (non-hydrogen) atoms. The van der Waals surface area contributed by atoms with Crippen molar-refractivity contribution in [3.05, 3.63) is 0 Å². The van der Waals surface area contributed by atoms with Gasteiger partial charge in [0.25, 0.3) is 0 Å². The Labute approximate surface area is 80.5 Å². The second-order valence-corrected chi connectivity index (χ2v) is 3.95. The molecule has 78 valence electrons. The SMILES string of the molecule is COCCCCNCC1(O)CCC1. The largest absolute Gasteiger partial charge is 0.389 e. The highest BCUT2D eigenvalue weighted by Crippen LogP contribution is 2.30. The first-order valence-electron chi connectivity index (χ1n) is 5.19. The molecule has 1 rings (SSSR count). The Bertz CT molecular complexity index is 135. The minimum Gasteiger partial charge on any atom is -0.389 e. The molecule has 1 saturated carbocycles. The molecule has 1 aliphatic rings. The van der Waals surface area contributed by atoms with Gasteiger partial charge < -0.3 is 15.2 Å². The van der Waals surface area contributed by atoms with Crippen LogP contribution in [0.15, 0.2) is 0 Å². The zero-order chi connectivity index (χ0) is 9.57. The standard InChI is InChI=1S/C10H21NO2/c1-13-8-3-2-7-11-9-10(12)5-4-6-10/h11-12H,2-9H2,1H3. The predicted octanol–water partition coefficient (Wildman–Crippen LogP) is 0.918. The maximum Gasteiger partial charge on any atom is 0.0771 e. The van der Waals surface area contributed by atoms with E-state index < -0.39 is 0 Å². The summed E-state index contributed by atoms with van der Waals surface area (Å²) >= 11 is 0. The van der Waals surface area contributed by atoms with E-state index in [4.69, 9.17) is 4.74 Å². The lowest BCUT2D eigenvalue weighted by atomic mass is 9.80. The lowest BCUT2D eigenvalue weighted by Crippen LogP contribution is -2.46. The van der Waals surface area contributed by atoms with Crippen LogP contribution in [0.4, 0.5) is 0 Å². The average Bonchev–Trinajstić information content (AvgIpc) is 2.08. The van der Waals surface area contributed by atoms with Crippen molar-refractivity contribution in [2.75, 3.05) is 26.8 Å². The molecular formula is C10H21NO2. The summed E-state index contributed by atoms with van der Waals surface area (Å²) in [6.07, 6.45) is 5.35. The van der Waals surface area contributed by atoms with Gasteiger partial charge in [0.2, 0.25) is 0 Å². The first kappa shape index (κ1) is 11.0. The molecular weight excluding hydrogens is 166 g/mol. The first-order valence-corrected chi connectivity index (χ1v) is 5.19. The van der Waals surface area contributed by atoms with E-state index in [2.05, 4.69) is 5.32 Å². The van der Waals surface area contributed by atoms with Crippen LogP contribution in [-0.2, 0) is 4.74 Å². The summed E-state index contributed by atoms with van der Waals surface area (Å²) < 4.78 is 4.94. The second kappa shape index (κ2) is 5.58. The Kier molecular flexibility index (Phi) is 4.70. The zero-order valence-electron chi connectivity index (χ0n) is 8.51. The number of hydrogen-bond donors (Lipinski definition) is 2. The summed E-state index contributed by atoms with van der Waals surface area (Å²) in [7, 11) is 1.73. The van der Waals surface area contributed by atoms with Crippen LogP contribution in [0.2, 0.25) is 0 Å². The van der Waals surface area contributed by atoms with Crippen LogP contribution in [-0.4, -0.2) is 37.5 Å².